The Kier molecular flexibility index (Phi) is 4.35. The molecule has 0 amide bonds. The number of nitrogens with one attached hydrogen (secondary N) is 1. The lowest BCUT2D eigenvalue weighted by Gasteiger charge is -2.09. The predicted octanol–water partition coefficient (Wildman–Crippen LogP) is 2.24. The second-order valence-electron chi connectivity index (χ2n) is 4.13. The Hall–Kier alpha value is -2.25. The average molecular weight is 326 g/mol. The fourth-order valence-corrected chi connectivity index (χ4v) is 2.80. The summed E-state index contributed by atoms with van der Waals surface area (Å²) < 4.78 is 26.8. The van der Waals surface area contributed by atoms with Crippen LogP contribution < -0.4 is 10.5 Å². The number of oxime groups is 1. The van der Waals surface area contributed by atoms with Crippen LogP contribution in [0.15, 0.2) is 58.6 Å². The molecule has 6 nitrogen and oxygen atoms in total. The molecule has 2 rings (SSSR count). The monoisotopic (exact) mass is 325 g/mol. The molecule has 0 bridgehead atoms. The topological polar surface area (TPSA) is 105 Å². The Bertz CT molecular complexity index is 774. The van der Waals surface area contributed by atoms with Gasteiger partial charge in [-0.1, -0.05) is 28.9 Å². The molecule has 0 radical (unpaired) electrons. The van der Waals surface area contributed by atoms with Crippen LogP contribution in [0.25, 0.3) is 0 Å². The molecule has 0 aliphatic heterocycles. The molecule has 0 fully saturated rings. The van der Waals surface area contributed by atoms with Gasteiger partial charge < -0.3 is 10.9 Å². The molecule has 0 saturated carbocycles. The molecule has 0 unspecified atom stereocenters. The highest BCUT2D eigenvalue weighted by Crippen LogP contribution is 2.19. The molecule has 4 N–H and O–H groups in total. The van der Waals surface area contributed by atoms with E-state index in [4.69, 9.17) is 22.5 Å². The molecule has 110 valence electrons. The summed E-state index contributed by atoms with van der Waals surface area (Å²) in [5.74, 6) is -0.109. The van der Waals surface area contributed by atoms with Gasteiger partial charge in [-0.15, -0.1) is 0 Å². The van der Waals surface area contributed by atoms with Gasteiger partial charge in [0.25, 0.3) is 10.0 Å². The minimum absolute atomic E-state index is 0.0844. The first-order chi connectivity index (χ1) is 9.92. The molecule has 8 heteroatoms. The number of benzene rings is 2. The summed E-state index contributed by atoms with van der Waals surface area (Å²) in [7, 11) is -3.73. The molecule has 0 saturated heterocycles. The van der Waals surface area contributed by atoms with Gasteiger partial charge in [-0.3, -0.25) is 4.72 Å². The molecule has 0 aromatic heterocycles. The molecule has 0 spiro atoms. The SMILES string of the molecule is N/C(=N/O)c1cccc(NS(=O)(=O)c2ccc(Cl)cc2)c1. The highest BCUT2D eigenvalue weighted by molar-refractivity contribution is 7.92. The normalized spacial score (nSPS) is 12.1. The zero-order valence-electron chi connectivity index (χ0n) is 10.7. The van der Waals surface area contributed by atoms with Crippen LogP contribution >= 0.6 is 11.6 Å². The first kappa shape index (κ1) is 15.1. The summed E-state index contributed by atoms with van der Waals surface area (Å²) in [6.45, 7) is 0. The summed E-state index contributed by atoms with van der Waals surface area (Å²) in [6, 6.07) is 12.0. The minimum atomic E-state index is -3.73. The van der Waals surface area contributed by atoms with Crippen molar-refractivity contribution in [3.8, 4) is 0 Å². The van der Waals surface area contributed by atoms with Gasteiger partial charge in [-0.25, -0.2) is 8.42 Å². The average Bonchev–Trinajstić information content (AvgIpc) is 2.46. The molecule has 2 aromatic carbocycles. The van der Waals surface area contributed by atoms with Crippen molar-refractivity contribution < 1.29 is 13.6 Å². The van der Waals surface area contributed by atoms with Crippen LogP contribution in [0.3, 0.4) is 0 Å². The van der Waals surface area contributed by atoms with Crippen molar-refractivity contribution in [2.24, 2.45) is 10.9 Å². The lowest BCUT2D eigenvalue weighted by atomic mass is 10.2. The van der Waals surface area contributed by atoms with Crippen LogP contribution in [0.4, 0.5) is 5.69 Å². The molecular formula is C13H12ClN3O3S. The molecule has 0 atom stereocenters. The largest absolute Gasteiger partial charge is 0.409 e. The van der Waals surface area contributed by atoms with Gasteiger partial charge in [0, 0.05) is 16.3 Å². The summed E-state index contributed by atoms with van der Waals surface area (Å²) in [4.78, 5) is 0.0844. The van der Waals surface area contributed by atoms with Crippen molar-refractivity contribution in [1.82, 2.24) is 0 Å². The van der Waals surface area contributed by atoms with E-state index >= 15 is 0 Å². The zero-order chi connectivity index (χ0) is 15.5. The second-order valence-corrected chi connectivity index (χ2v) is 6.24. The van der Waals surface area contributed by atoms with Gasteiger partial charge in [0.1, 0.15) is 0 Å². The number of anilines is 1. The second kappa shape index (κ2) is 6.02. The molecular weight excluding hydrogens is 314 g/mol. The summed E-state index contributed by atoms with van der Waals surface area (Å²) in [5, 5.41) is 11.9. The quantitative estimate of drug-likeness (QED) is 0.347. The number of hydrogen-bond acceptors (Lipinski definition) is 4. The number of nitrogens with zero attached hydrogens (tertiary/aromatic N) is 1. The van der Waals surface area contributed by atoms with Gasteiger partial charge >= 0.3 is 0 Å². The maximum Gasteiger partial charge on any atom is 0.261 e. The Balaban J connectivity index is 2.31. The number of rotatable bonds is 4. The predicted molar refractivity (Wildman–Crippen MR) is 81.2 cm³/mol. The van der Waals surface area contributed by atoms with E-state index in [1.165, 1.54) is 30.3 Å². The van der Waals surface area contributed by atoms with Gasteiger partial charge in [0.05, 0.1) is 4.90 Å². The molecule has 0 heterocycles. The Morgan fingerprint density at radius 3 is 2.48 bits per heavy atom. The standard InChI is InChI=1S/C13H12ClN3O3S/c14-10-4-6-12(7-5-10)21(19,20)17-11-3-1-2-9(8-11)13(15)16-18/h1-8,17-18H,(H2,15,16). The van der Waals surface area contributed by atoms with E-state index < -0.39 is 10.0 Å². The molecule has 2 aromatic rings. The van der Waals surface area contributed by atoms with E-state index in [1.807, 2.05) is 0 Å². The fraction of sp³-hybridized carbons (Fsp3) is 0. The van der Waals surface area contributed by atoms with Crippen molar-refractivity contribution in [3.63, 3.8) is 0 Å². The Morgan fingerprint density at radius 2 is 1.86 bits per heavy atom. The smallest absolute Gasteiger partial charge is 0.261 e. The van der Waals surface area contributed by atoms with Crippen LogP contribution in [-0.2, 0) is 10.0 Å². The van der Waals surface area contributed by atoms with Crippen molar-refractivity contribution in [3.05, 3.63) is 59.1 Å². The number of amidine groups is 1. The number of sulfonamides is 1. The minimum Gasteiger partial charge on any atom is -0.409 e. The first-order valence-electron chi connectivity index (χ1n) is 5.79. The van der Waals surface area contributed by atoms with Crippen LogP contribution in [0.1, 0.15) is 5.56 Å². The highest BCUT2D eigenvalue weighted by Gasteiger charge is 2.14. The summed E-state index contributed by atoms with van der Waals surface area (Å²) >= 11 is 5.73. The number of nitrogens with two attached hydrogens (primary N) is 1. The van der Waals surface area contributed by atoms with E-state index in [2.05, 4.69) is 9.88 Å². The van der Waals surface area contributed by atoms with E-state index in [9.17, 15) is 8.42 Å². The third-order valence-corrected chi connectivity index (χ3v) is 4.29. The number of halogens is 1. The van der Waals surface area contributed by atoms with E-state index in [0.29, 0.717) is 16.3 Å². The first-order valence-corrected chi connectivity index (χ1v) is 7.65. The van der Waals surface area contributed by atoms with Crippen LogP contribution in [0.2, 0.25) is 5.02 Å². The molecule has 0 aliphatic rings. The van der Waals surface area contributed by atoms with Crippen LogP contribution in [0.5, 0.6) is 0 Å². The van der Waals surface area contributed by atoms with Crippen LogP contribution in [-0.4, -0.2) is 19.5 Å². The third kappa shape index (κ3) is 3.65. The maximum atomic E-state index is 12.2. The van der Waals surface area contributed by atoms with Gasteiger partial charge in [0.2, 0.25) is 0 Å². The zero-order valence-corrected chi connectivity index (χ0v) is 12.3. The van der Waals surface area contributed by atoms with E-state index in [1.54, 1.807) is 18.2 Å². The van der Waals surface area contributed by atoms with Crippen molar-refractivity contribution in [2.45, 2.75) is 4.90 Å². The van der Waals surface area contributed by atoms with Gasteiger partial charge in [-0.05, 0) is 36.4 Å². The molecule has 0 aliphatic carbocycles. The maximum absolute atomic E-state index is 12.2. The van der Waals surface area contributed by atoms with Crippen molar-refractivity contribution in [1.29, 1.82) is 0 Å². The fourth-order valence-electron chi connectivity index (χ4n) is 1.63. The summed E-state index contributed by atoms with van der Waals surface area (Å²) in [6.07, 6.45) is 0. The van der Waals surface area contributed by atoms with Gasteiger partial charge in [0.15, 0.2) is 5.84 Å². The third-order valence-electron chi connectivity index (χ3n) is 2.64. The van der Waals surface area contributed by atoms with E-state index in [-0.39, 0.29) is 10.7 Å². The lowest BCUT2D eigenvalue weighted by Crippen LogP contribution is -2.15. The van der Waals surface area contributed by atoms with Crippen molar-refractivity contribution in [2.75, 3.05) is 4.72 Å². The lowest BCUT2D eigenvalue weighted by molar-refractivity contribution is 0.318. The van der Waals surface area contributed by atoms with Crippen LogP contribution in [0, 0.1) is 0 Å². The van der Waals surface area contributed by atoms with Gasteiger partial charge in [-0.2, -0.15) is 0 Å². The Morgan fingerprint density at radius 1 is 1.19 bits per heavy atom. The van der Waals surface area contributed by atoms with E-state index in [0.717, 1.165) is 0 Å². The Labute approximate surface area is 126 Å². The number of hydrogen-bond donors (Lipinski definition) is 3. The molecule has 21 heavy (non-hydrogen) atoms. The highest BCUT2D eigenvalue weighted by atomic mass is 35.5. The summed E-state index contributed by atoms with van der Waals surface area (Å²) in [5.41, 5.74) is 6.16. The van der Waals surface area contributed by atoms with Crippen molar-refractivity contribution >= 4 is 33.1 Å².